The van der Waals surface area contributed by atoms with Crippen LogP contribution < -0.4 is 15.1 Å². The molecule has 2 aliphatic heterocycles. The zero-order chi connectivity index (χ0) is 31.9. The van der Waals surface area contributed by atoms with Gasteiger partial charge in [0.1, 0.15) is 0 Å². The molecule has 0 fully saturated rings. The topological polar surface area (TPSA) is 27.7 Å². The van der Waals surface area contributed by atoms with Gasteiger partial charge in [-0.1, -0.05) is 0 Å². The van der Waals surface area contributed by atoms with Crippen molar-refractivity contribution >= 4 is 28.6 Å². The van der Waals surface area contributed by atoms with Crippen LogP contribution in [0.15, 0.2) is 72.8 Å². The van der Waals surface area contributed by atoms with Gasteiger partial charge in [-0.05, 0) is 0 Å². The van der Waals surface area contributed by atoms with Crippen LogP contribution in [0.5, 0.6) is 5.75 Å². The maximum atomic E-state index is 14.7. The molecule has 3 aromatic rings. The van der Waals surface area contributed by atoms with Gasteiger partial charge in [0.25, 0.3) is 0 Å². The van der Waals surface area contributed by atoms with Crippen molar-refractivity contribution in [3.63, 3.8) is 0 Å². The predicted octanol–water partition coefficient (Wildman–Crippen LogP) is 7.34. The Hall–Kier alpha value is -2.89. The zero-order valence-electron chi connectivity index (χ0n) is 21.3. The van der Waals surface area contributed by atoms with Crippen LogP contribution in [-0.2, 0) is 25.8 Å². The fraction of sp³-hybridized carbons (Fsp3) is 0.308. The summed E-state index contributed by atoms with van der Waals surface area (Å²) in [6, 6.07) is 10.4. The molecule has 0 saturated heterocycles. The van der Waals surface area contributed by atoms with Crippen LogP contribution in [0, 0.1) is 0 Å². The second-order valence-corrected chi connectivity index (χ2v) is 16.9. The third-order valence-electron chi connectivity index (χ3n) is 7.48. The first kappa shape index (κ1) is 31.5. The molecule has 0 aliphatic carbocycles. The van der Waals surface area contributed by atoms with Gasteiger partial charge in [0.15, 0.2) is 0 Å². The van der Waals surface area contributed by atoms with Crippen LogP contribution in [0.1, 0.15) is 16.7 Å². The van der Waals surface area contributed by atoms with Crippen LogP contribution in [0.4, 0.5) is 52.7 Å². The van der Waals surface area contributed by atoms with Crippen LogP contribution in [0.2, 0.25) is 0 Å². The van der Waals surface area contributed by atoms with E-state index in [-0.39, 0.29) is 22.5 Å². The third-order valence-corrected chi connectivity index (χ3v) is 16.4. The maximum absolute atomic E-state index is 14.7. The number of methoxy groups -OCH3 is 1. The van der Waals surface area contributed by atoms with E-state index in [1.165, 1.54) is 31.4 Å². The molecule has 234 valence electrons. The van der Waals surface area contributed by atoms with Crippen molar-refractivity contribution in [1.29, 1.82) is 0 Å². The molecule has 3 nitrogen and oxygen atoms in total. The van der Waals surface area contributed by atoms with E-state index in [0.717, 1.165) is 24.3 Å². The second-order valence-electron chi connectivity index (χ2n) is 9.77. The van der Waals surface area contributed by atoms with Crippen LogP contribution in [0.3, 0.4) is 0 Å². The molecule has 2 aliphatic rings. The van der Waals surface area contributed by atoms with Gasteiger partial charge in [-0.25, -0.2) is 0 Å². The Morgan fingerprint density at radius 1 is 0.605 bits per heavy atom. The molecule has 43 heavy (non-hydrogen) atoms. The summed E-state index contributed by atoms with van der Waals surface area (Å²) in [7, 11) is 1.29. The molecule has 0 amide bonds. The SMILES string of the molecule is COc1ccc(CS[Si-]23(OC(C(F)(F)F)(C(F)(F)F)c4ccccc42)OC(C(F)(F)F)(C(F)(F)F)c2ccccc23)cc1. The molecule has 0 saturated carbocycles. The summed E-state index contributed by atoms with van der Waals surface area (Å²) in [6.45, 7) is -7.19. The number of ether oxygens (including phenoxy) is 1. The summed E-state index contributed by atoms with van der Waals surface area (Å²) in [4.78, 5) is 0. The number of hydrogen-bond acceptors (Lipinski definition) is 4. The van der Waals surface area contributed by atoms with E-state index in [1.54, 1.807) is 0 Å². The Balaban J connectivity index is 1.94. The molecule has 0 radical (unpaired) electrons. The van der Waals surface area contributed by atoms with Crippen molar-refractivity contribution in [1.82, 2.24) is 0 Å². The summed E-state index contributed by atoms with van der Waals surface area (Å²) >= 11 is -0.0701. The molecule has 2 heterocycles. The van der Waals surface area contributed by atoms with Gasteiger partial charge < -0.3 is 0 Å². The van der Waals surface area contributed by atoms with Crippen molar-refractivity contribution in [3.05, 3.63) is 89.5 Å². The van der Waals surface area contributed by atoms with Crippen LogP contribution in [-0.4, -0.2) is 38.8 Å². The first-order chi connectivity index (χ1) is 19.7. The number of rotatable bonds is 4. The van der Waals surface area contributed by atoms with Crippen molar-refractivity contribution in [2.45, 2.75) is 41.7 Å². The van der Waals surface area contributed by atoms with E-state index in [2.05, 4.69) is 0 Å². The summed E-state index contributed by atoms with van der Waals surface area (Å²) in [6.07, 6.45) is -25.6. The Kier molecular flexibility index (Phi) is 6.83. The number of fused-ring (bicyclic) bond motifs is 4. The molecule has 0 N–H and O–H groups in total. The molecule has 3 aromatic carbocycles. The summed E-state index contributed by atoms with van der Waals surface area (Å²) in [5.74, 6) is -0.441. The predicted molar refractivity (Wildman–Crippen MR) is 132 cm³/mol. The Morgan fingerprint density at radius 3 is 1.33 bits per heavy atom. The molecule has 0 atom stereocenters. The van der Waals surface area contributed by atoms with Crippen molar-refractivity contribution in [3.8, 4) is 5.75 Å². The standard InChI is InChI=1S/C26H17F12O3SSi/c1-39-16-12-10-15(11-13-16)14-42-43(19-8-4-2-6-17(19)21(40-43,23(27,28)29)24(30,31)32)20-9-5-3-7-18(20)22(41-43,25(33,34)35)26(36,37)38/h2-13H,14H2,1H3/q-1. The summed E-state index contributed by atoms with van der Waals surface area (Å²) in [5, 5.41) is -2.36. The second kappa shape index (κ2) is 9.31. The third kappa shape index (κ3) is 3.99. The average molecular weight is 666 g/mol. The molecule has 17 heteroatoms. The first-order valence-electron chi connectivity index (χ1n) is 12.0. The monoisotopic (exact) mass is 665 g/mol. The fourth-order valence-electron chi connectivity index (χ4n) is 5.70. The molecule has 5 rings (SSSR count). The summed E-state index contributed by atoms with van der Waals surface area (Å²) in [5.41, 5.74) is -14.0. The number of halogens is 12. The van der Waals surface area contributed by atoms with E-state index in [1.807, 2.05) is 0 Å². The van der Waals surface area contributed by atoms with Crippen LogP contribution in [0.25, 0.3) is 0 Å². The Labute approximate surface area is 239 Å². The normalized spacial score (nSPS) is 21.1. The molecule has 0 aromatic heterocycles. The van der Waals surface area contributed by atoms with E-state index in [9.17, 15) is 52.7 Å². The van der Waals surface area contributed by atoms with Gasteiger partial charge in [-0.3, -0.25) is 0 Å². The molecule has 0 unspecified atom stereocenters. The average Bonchev–Trinajstić information content (AvgIpc) is 3.36. The van der Waals surface area contributed by atoms with Crippen molar-refractivity contribution in [2.75, 3.05) is 7.11 Å². The van der Waals surface area contributed by atoms with Gasteiger partial charge in [0.2, 0.25) is 0 Å². The first-order valence-corrected chi connectivity index (χ1v) is 16.0. The Morgan fingerprint density at radius 2 is 0.977 bits per heavy atom. The number of benzene rings is 3. The van der Waals surface area contributed by atoms with Crippen LogP contribution >= 0.6 is 11.2 Å². The van der Waals surface area contributed by atoms with Gasteiger partial charge >= 0.3 is 239 Å². The van der Waals surface area contributed by atoms with Crippen molar-refractivity contribution in [2.24, 2.45) is 0 Å². The molecule has 1 spiro atoms. The molecular formula is C26H17F12O3SSi-. The zero-order valence-corrected chi connectivity index (χ0v) is 23.1. The van der Waals surface area contributed by atoms with Gasteiger partial charge in [0.05, 0.1) is 0 Å². The number of alkyl halides is 12. The molecular weight excluding hydrogens is 648 g/mol. The minimum atomic E-state index is -7.19. The van der Waals surface area contributed by atoms with E-state index >= 15 is 0 Å². The molecule has 0 bridgehead atoms. The van der Waals surface area contributed by atoms with E-state index in [0.29, 0.717) is 24.3 Å². The fourth-order valence-corrected chi connectivity index (χ4v) is 15.9. The van der Waals surface area contributed by atoms with Crippen molar-refractivity contribution < 1.29 is 66.3 Å². The van der Waals surface area contributed by atoms with E-state index < -0.39 is 70.1 Å². The van der Waals surface area contributed by atoms with Gasteiger partial charge in [0, 0.05) is 0 Å². The minimum absolute atomic E-state index is 0.0701. The van der Waals surface area contributed by atoms with Gasteiger partial charge in [-0.15, -0.1) is 0 Å². The summed E-state index contributed by atoms with van der Waals surface area (Å²) < 4.78 is 192. The van der Waals surface area contributed by atoms with Gasteiger partial charge in [-0.2, -0.15) is 0 Å². The number of hydrogen-bond donors (Lipinski definition) is 0. The van der Waals surface area contributed by atoms with E-state index in [4.69, 9.17) is 13.6 Å². The Bertz CT molecular complexity index is 1430. The quantitative estimate of drug-likeness (QED) is 0.216.